The van der Waals surface area contributed by atoms with Crippen molar-refractivity contribution in [2.75, 3.05) is 5.32 Å². The molecule has 3 N–H and O–H groups in total. The Bertz CT molecular complexity index is 1300. The number of amides is 1. The first kappa shape index (κ1) is 17.4. The van der Waals surface area contributed by atoms with E-state index in [1.165, 1.54) is 30.4 Å². The summed E-state index contributed by atoms with van der Waals surface area (Å²) in [5.74, 6) is -0.532. The SMILES string of the molecule is O=C(/C=C/c1cc(O)ccc1O)Nc1ccc2oc3ccccc3c(=O)c2c1. The highest BCUT2D eigenvalue weighted by Gasteiger charge is 2.09. The van der Waals surface area contributed by atoms with Gasteiger partial charge in [-0.15, -0.1) is 0 Å². The molecule has 0 fully saturated rings. The lowest BCUT2D eigenvalue weighted by Gasteiger charge is -2.05. The second kappa shape index (κ2) is 6.92. The molecule has 0 saturated carbocycles. The Balaban J connectivity index is 1.62. The number of anilines is 1. The topological polar surface area (TPSA) is 99.8 Å². The summed E-state index contributed by atoms with van der Waals surface area (Å²) in [4.78, 5) is 24.8. The highest BCUT2D eigenvalue weighted by atomic mass is 16.3. The third kappa shape index (κ3) is 3.31. The largest absolute Gasteiger partial charge is 0.508 e. The van der Waals surface area contributed by atoms with Crippen molar-refractivity contribution in [2.45, 2.75) is 0 Å². The average Bonchev–Trinajstić information content (AvgIpc) is 2.69. The van der Waals surface area contributed by atoms with Crippen LogP contribution in [0.4, 0.5) is 5.69 Å². The van der Waals surface area contributed by atoms with Crippen molar-refractivity contribution in [3.05, 3.63) is 82.5 Å². The molecule has 0 aliphatic carbocycles. The van der Waals surface area contributed by atoms with Crippen LogP contribution in [0.5, 0.6) is 11.5 Å². The smallest absolute Gasteiger partial charge is 0.248 e. The lowest BCUT2D eigenvalue weighted by Crippen LogP contribution is -2.09. The number of phenolic OH excluding ortho intramolecular Hbond substituents is 2. The maximum Gasteiger partial charge on any atom is 0.248 e. The minimum Gasteiger partial charge on any atom is -0.508 e. The van der Waals surface area contributed by atoms with Gasteiger partial charge in [0.25, 0.3) is 0 Å². The Labute approximate surface area is 159 Å². The maximum atomic E-state index is 12.7. The fourth-order valence-corrected chi connectivity index (χ4v) is 2.91. The molecule has 6 nitrogen and oxygen atoms in total. The molecule has 1 heterocycles. The van der Waals surface area contributed by atoms with Crippen molar-refractivity contribution in [1.29, 1.82) is 0 Å². The summed E-state index contributed by atoms with van der Waals surface area (Å²) in [5, 5.41) is 22.7. The van der Waals surface area contributed by atoms with Crippen LogP contribution < -0.4 is 10.7 Å². The van der Waals surface area contributed by atoms with Gasteiger partial charge >= 0.3 is 0 Å². The lowest BCUT2D eigenvalue weighted by atomic mass is 10.1. The van der Waals surface area contributed by atoms with Gasteiger partial charge in [-0.1, -0.05) is 12.1 Å². The van der Waals surface area contributed by atoms with Gasteiger partial charge in [0, 0.05) is 17.3 Å². The summed E-state index contributed by atoms with van der Waals surface area (Å²) in [6, 6.07) is 15.8. The number of hydrogen-bond acceptors (Lipinski definition) is 5. The molecule has 1 aromatic heterocycles. The van der Waals surface area contributed by atoms with E-state index in [-0.39, 0.29) is 16.9 Å². The number of carbonyl (C=O) groups excluding carboxylic acids is 1. The Morgan fingerprint density at radius 1 is 0.929 bits per heavy atom. The van der Waals surface area contributed by atoms with Crippen LogP contribution in [-0.2, 0) is 4.79 Å². The number of benzene rings is 3. The summed E-state index contributed by atoms with van der Waals surface area (Å²) in [7, 11) is 0. The molecule has 0 unspecified atom stereocenters. The molecule has 3 aromatic carbocycles. The Morgan fingerprint density at radius 2 is 1.71 bits per heavy atom. The predicted molar refractivity (Wildman–Crippen MR) is 107 cm³/mol. The van der Waals surface area contributed by atoms with Gasteiger partial charge in [-0.05, 0) is 54.6 Å². The Kier molecular flexibility index (Phi) is 4.29. The molecule has 0 radical (unpaired) electrons. The van der Waals surface area contributed by atoms with E-state index in [9.17, 15) is 19.8 Å². The summed E-state index contributed by atoms with van der Waals surface area (Å²) in [6.45, 7) is 0. The normalized spacial score (nSPS) is 11.3. The lowest BCUT2D eigenvalue weighted by molar-refractivity contribution is -0.111. The van der Waals surface area contributed by atoms with E-state index in [1.807, 2.05) is 0 Å². The van der Waals surface area contributed by atoms with E-state index in [2.05, 4.69) is 5.32 Å². The van der Waals surface area contributed by atoms with Crippen molar-refractivity contribution in [2.24, 2.45) is 0 Å². The van der Waals surface area contributed by atoms with Gasteiger partial charge in [-0.25, -0.2) is 0 Å². The number of aromatic hydroxyl groups is 2. The number of para-hydroxylation sites is 1. The summed E-state index contributed by atoms with van der Waals surface area (Å²) >= 11 is 0. The van der Waals surface area contributed by atoms with E-state index >= 15 is 0 Å². The fourth-order valence-electron chi connectivity index (χ4n) is 2.91. The highest BCUT2D eigenvalue weighted by molar-refractivity contribution is 6.03. The Morgan fingerprint density at radius 3 is 2.57 bits per heavy atom. The number of hydrogen-bond donors (Lipinski definition) is 3. The van der Waals surface area contributed by atoms with Gasteiger partial charge in [0.1, 0.15) is 22.7 Å². The van der Waals surface area contributed by atoms with E-state index < -0.39 is 5.91 Å². The number of carbonyl (C=O) groups is 1. The first-order chi connectivity index (χ1) is 13.5. The Hall–Kier alpha value is -4.06. The quantitative estimate of drug-likeness (QED) is 0.286. The van der Waals surface area contributed by atoms with Gasteiger partial charge in [0.15, 0.2) is 0 Å². The van der Waals surface area contributed by atoms with Gasteiger partial charge < -0.3 is 19.9 Å². The van der Waals surface area contributed by atoms with Crippen molar-refractivity contribution in [3.8, 4) is 11.5 Å². The third-order valence-corrected chi connectivity index (χ3v) is 4.27. The number of nitrogens with one attached hydrogen (secondary N) is 1. The first-order valence-electron chi connectivity index (χ1n) is 8.48. The van der Waals surface area contributed by atoms with Gasteiger partial charge in [-0.2, -0.15) is 0 Å². The van der Waals surface area contributed by atoms with E-state index in [4.69, 9.17) is 4.42 Å². The number of rotatable bonds is 3. The molecule has 138 valence electrons. The van der Waals surface area contributed by atoms with Crippen LogP contribution in [0.25, 0.3) is 28.0 Å². The average molecular weight is 373 g/mol. The molecule has 1 amide bonds. The monoisotopic (exact) mass is 373 g/mol. The zero-order valence-corrected chi connectivity index (χ0v) is 14.5. The zero-order chi connectivity index (χ0) is 19.7. The molecular weight excluding hydrogens is 358 g/mol. The molecule has 4 aromatic rings. The van der Waals surface area contributed by atoms with Crippen molar-refractivity contribution < 1.29 is 19.4 Å². The summed E-state index contributed by atoms with van der Waals surface area (Å²) in [5.41, 5.74) is 1.51. The fraction of sp³-hybridized carbons (Fsp3) is 0. The number of phenols is 2. The van der Waals surface area contributed by atoms with E-state index in [1.54, 1.807) is 42.5 Å². The minimum absolute atomic E-state index is 0.0219. The predicted octanol–water partition coefficient (Wildman–Crippen LogP) is 4.01. The van der Waals surface area contributed by atoms with Crippen LogP contribution in [-0.4, -0.2) is 16.1 Å². The summed E-state index contributed by atoms with van der Waals surface area (Å²) in [6.07, 6.45) is 2.61. The van der Waals surface area contributed by atoms with Crippen molar-refractivity contribution in [1.82, 2.24) is 0 Å². The molecule has 0 aliphatic heterocycles. The second-order valence-electron chi connectivity index (χ2n) is 6.20. The molecule has 0 aliphatic rings. The van der Waals surface area contributed by atoms with Crippen LogP contribution in [0.15, 0.2) is 76.0 Å². The van der Waals surface area contributed by atoms with Crippen LogP contribution in [0.1, 0.15) is 5.56 Å². The van der Waals surface area contributed by atoms with Gasteiger partial charge in [0.05, 0.1) is 10.8 Å². The minimum atomic E-state index is -0.452. The van der Waals surface area contributed by atoms with Crippen LogP contribution in [0.3, 0.4) is 0 Å². The maximum absolute atomic E-state index is 12.7. The zero-order valence-electron chi connectivity index (χ0n) is 14.5. The van der Waals surface area contributed by atoms with Crippen molar-refractivity contribution >= 4 is 39.6 Å². The second-order valence-corrected chi connectivity index (χ2v) is 6.20. The first-order valence-corrected chi connectivity index (χ1v) is 8.48. The summed E-state index contributed by atoms with van der Waals surface area (Å²) < 4.78 is 5.74. The molecule has 4 rings (SSSR count). The molecule has 0 atom stereocenters. The van der Waals surface area contributed by atoms with E-state index in [0.717, 1.165) is 0 Å². The number of fused-ring (bicyclic) bond motifs is 2. The molecule has 0 spiro atoms. The van der Waals surface area contributed by atoms with Crippen LogP contribution in [0, 0.1) is 0 Å². The van der Waals surface area contributed by atoms with Gasteiger partial charge in [-0.3, -0.25) is 9.59 Å². The molecule has 6 heteroatoms. The van der Waals surface area contributed by atoms with Crippen molar-refractivity contribution in [3.63, 3.8) is 0 Å². The molecule has 28 heavy (non-hydrogen) atoms. The molecular formula is C22H15NO5. The standard InChI is InChI=1S/C22H15NO5/c24-15-7-8-18(25)13(11-15)5-10-21(26)23-14-6-9-20-17(12-14)22(27)16-3-1-2-4-19(16)28-20/h1-12,24-25H,(H,23,26)/b10-5+. The van der Waals surface area contributed by atoms with Gasteiger partial charge in [0.2, 0.25) is 11.3 Å². The molecule has 0 bridgehead atoms. The third-order valence-electron chi connectivity index (χ3n) is 4.27. The highest BCUT2D eigenvalue weighted by Crippen LogP contribution is 2.24. The molecule has 0 saturated heterocycles. The van der Waals surface area contributed by atoms with E-state index in [0.29, 0.717) is 33.2 Å². The van der Waals surface area contributed by atoms with Crippen LogP contribution >= 0.6 is 0 Å². The van der Waals surface area contributed by atoms with Crippen LogP contribution in [0.2, 0.25) is 0 Å².